The van der Waals surface area contributed by atoms with Crippen LogP contribution in [0.5, 0.6) is 0 Å². The number of pyridine rings is 1. The maximum absolute atomic E-state index is 13.6. The maximum atomic E-state index is 13.6. The molecule has 0 atom stereocenters. The molecule has 3 aromatic carbocycles. The zero-order chi connectivity index (χ0) is 31.1. The number of benzene rings is 3. The number of halogens is 3. The first-order chi connectivity index (χ1) is 21.1. The van der Waals surface area contributed by atoms with E-state index < -0.39 is 5.92 Å². The van der Waals surface area contributed by atoms with Crippen molar-refractivity contribution in [2.24, 2.45) is 0 Å². The van der Waals surface area contributed by atoms with Gasteiger partial charge in [-0.25, -0.2) is 30.3 Å². The van der Waals surface area contributed by atoms with Crippen LogP contribution in [0.3, 0.4) is 0 Å². The minimum atomic E-state index is -2.73. The van der Waals surface area contributed by atoms with Gasteiger partial charge in [-0.05, 0) is 60.1 Å². The molecule has 10 heteroatoms. The number of carbonyl (C=O) groups excluding carboxylic acids is 2. The number of nitrogens with one attached hydrogen (secondary N) is 1. The van der Waals surface area contributed by atoms with E-state index in [1.165, 1.54) is 23.1 Å². The Kier molecular flexibility index (Phi) is 11.4. The molecule has 0 aliphatic carbocycles. The van der Waals surface area contributed by atoms with E-state index >= 15 is 0 Å². The van der Waals surface area contributed by atoms with Crippen LogP contribution in [-0.2, 0) is 4.79 Å². The van der Waals surface area contributed by atoms with Crippen molar-refractivity contribution in [3.05, 3.63) is 120 Å². The summed E-state index contributed by atoms with van der Waals surface area (Å²) in [5, 5.41) is 2.74. The largest absolute Gasteiger partial charge is 2.00 e. The van der Waals surface area contributed by atoms with Crippen LogP contribution in [0, 0.1) is 49.1 Å². The molecule has 2 heterocycles. The van der Waals surface area contributed by atoms with E-state index in [9.17, 15) is 22.8 Å². The van der Waals surface area contributed by atoms with Crippen LogP contribution in [0.1, 0.15) is 34.3 Å². The molecule has 45 heavy (non-hydrogen) atoms. The van der Waals surface area contributed by atoms with Crippen molar-refractivity contribution in [3.8, 4) is 22.3 Å². The summed E-state index contributed by atoms with van der Waals surface area (Å²) in [7, 11) is 0. The van der Waals surface area contributed by atoms with Gasteiger partial charge in [0, 0.05) is 43.8 Å². The van der Waals surface area contributed by atoms with Crippen LogP contribution < -0.4 is 11.1 Å². The molecule has 5 rings (SSSR count). The van der Waals surface area contributed by atoms with Crippen molar-refractivity contribution < 1.29 is 53.9 Å². The molecule has 226 valence electrons. The predicted molar refractivity (Wildman–Crippen MR) is 165 cm³/mol. The summed E-state index contributed by atoms with van der Waals surface area (Å²) in [6.45, 7) is 0.185. The van der Waals surface area contributed by atoms with Crippen molar-refractivity contribution in [1.82, 2.24) is 15.2 Å². The average Bonchev–Trinajstić information content (AvgIpc) is 3.03. The Morgan fingerprint density at radius 1 is 0.978 bits per heavy atom. The molecule has 2 amide bonds. The smallest absolute Gasteiger partial charge is 0.384 e. The van der Waals surface area contributed by atoms with E-state index in [-0.39, 0.29) is 81.2 Å². The standard InChI is InChI=1S/C35H29F3N4O2.U/c36-31-11-9-27(10-12-31)30-21-25(2-1-17-40-33(43)14-4-24-3-13-32(39)41-23-24)20-29(22-30)26-5-7-28(8-6-26)34(44)42-18-15-35(37,38)16-19-42;/h2-14,20,22-23H,15-19H2,(H2,39,41)(H,40,43);/q-2;+2/b14-4+;. The Morgan fingerprint density at radius 3 is 2.33 bits per heavy atom. The fraction of sp³-hybridized carbons (Fsp3) is 0.171. The number of rotatable bonds is 8. The van der Waals surface area contributed by atoms with E-state index in [0.717, 1.165) is 22.3 Å². The molecule has 3 N–H and O–H groups in total. The number of nitrogens with two attached hydrogens (primary N) is 1. The molecule has 0 bridgehead atoms. The number of amides is 2. The van der Waals surface area contributed by atoms with Crippen molar-refractivity contribution in [1.29, 1.82) is 0 Å². The molecule has 6 nitrogen and oxygen atoms in total. The topological polar surface area (TPSA) is 88.3 Å². The van der Waals surface area contributed by atoms with Gasteiger partial charge in [0.05, 0.1) is 0 Å². The zero-order valence-electron chi connectivity index (χ0n) is 24.2. The predicted octanol–water partition coefficient (Wildman–Crippen LogP) is 6.45. The first-order valence-electron chi connectivity index (χ1n) is 14.0. The molecule has 1 aromatic heterocycles. The summed E-state index contributed by atoms with van der Waals surface area (Å²) in [5.41, 5.74) is 10.5. The normalized spacial score (nSPS) is 14.3. The third-order valence-corrected chi connectivity index (χ3v) is 7.15. The molecule has 1 fully saturated rings. The molecule has 1 saturated heterocycles. The Labute approximate surface area is 283 Å². The molecule has 1 aliphatic heterocycles. The van der Waals surface area contributed by atoms with E-state index in [1.54, 1.807) is 66.9 Å². The summed E-state index contributed by atoms with van der Waals surface area (Å²) in [4.78, 5) is 30.5. The van der Waals surface area contributed by atoms with Crippen LogP contribution in [0.4, 0.5) is 19.0 Å². The second-order valence-electron chi connectivity index (χ2n) is 10.4. The number of nitrogens with zero attached hydrogens (tertiary/aromatic N) is 2. The number of likely N-dealkylation sites (tertiary alicyclic amines) is 1. The van der Waals surface area contributed by atoms with Crippen molar-refractivity contribution >= 4 is 29.8 Å². The molecule has 0 spiro atoms. The van der Waals surface area contributed by atoms with Crippen LogP contribution in [-0.4, -0.2) is 47.3 Å². The third-order valence-electron chi connectivity index (χ3n) is 7.15. The second-order valence-corrected chi connectivity index (χ2v) is 10.4. The van der Waals surface area contributed by atoms with Gasteiger partial charge in [0.15, 0.2) is 0 Å². The summed E-state index contributed by atoms with van der Waals surface area (Å²) >= 11 is 0. The number of anilines is 1. The van der Waals surface area contributed by atoms with Crippen molar-refractivity contribution in [2.45, 2.75) is 18.8 Å². The summed E-state index contributed by atoms with van der Waals surface area (Å²) in [6, 6.07) is 23.5. The van der Waals surface area contributed by atoms with E-state index in [2.05, 4.69) is 22.4 Å². The number of hydrogen-bond donors (Lipinski definition) is 2. The Morgan fingerprint density at radius 2 is 1.67 bits per heavy atom. The number of alkyl halides is 2. The van der Waals surface area contributed by atoms with Crippen LogP contribution >= 0.6 is 0 Å². The van der Waals surface area contributed by atoms with Gasteiger partial charge in [-0.1, -0.05) is 29.8 Å². The maximum Gasteiger partial charge on any atom is 2.00 e. The first kappa shape index (κ1) is 33.8. The van der Waals surface area contributed by atoms with Crippen molar-refractivity contribution in [2.75, 3.05) is 25.4 Å². The number of piperidine rings is 1. The molecule has 0 unspecified atom stereocenters. The summed E-state index contributed by atoms with van der Waals surface area (Å²) in [6.07, 6.45) is 8.67. The van der Waals surface area contributed by atoms with Gasteiger partial charge in [0.2, 0.25) is 5.91 Å². The summed E-state index contributed by atoms with van der Waals surface area (Å²) < 4.78 is 40.7. The fourth-order valence-electron chi connectivity index (χ4n) is 4.69. The SMILES string of the molecule is Nc1ccc(/C=C/C(=O)NC[C-]=Cc2[c-]c(-c3ccc(F)cc3)cc(-c3ccc(C(=O)N4CCC(F)(F)CC4)cc3)c2)cn1.[U+2]. The van der Waals surface area contributed by atoms with Gasteiger partial charge < -0.3 is 16.0 Å². The van der Waals surface area contributed by atoms with Gasteiger partial charge in [0.1, 0.15) is 11.6 Å². The molecule has 1 aliphatic rings. The van der Waals surface area contributed by atoms with Gasteiger partial charge in [-0.15, -0.1) is 17.2 Å². The van der Waals surface area contributed by atoms with E-state index in [4.69, 9.17) is 5.73 Å². The van der Waals surface area contributed by atoms with Crippen LogP contribution in [0.15, 0.2) is 85.1 Å². The van der Waals surface area contributed by atoms with Crippen molar-refractivity contribution in [3.63, 3.8) is 0 Å². The van der Waals surface area contributed by atoms with Gasteiger partial charge in [-0.3, -0.25) is 27.3 Å². The minimum Gasteiger partial charge on any atom is -0.384 e. The number of aromatic nitrogens is 1. The van der Waals surface area contributed by atoms with Gasteiger partial charge in [-0.2, -0.15) is 0 Å². The molecular weight excluding hydrogens is 803 g/mol. The van der Waals surface area contributed by atoms with Crippen LogP contribution in [0.25, 0.3) is 34.4 Å². The number of nitrogen functional groups attached to an aromatic ring is 1. The van der Waals surface area contributed by atoms with E-state index in [0.29, 0.717) is 22.5 Å². The molecular formula is C35H29F3N4O2U. The Hall–Kier alpha value is -4.13. The monoisotopic (exact) mass is 832 g/mol. The Balaban J connectivity index is 0.00000461. The van der Waals surface area contributed by atoms with Crippen LogP contribution in [0.2, 0.25) is 0 Å². The molecule has 0 saturated carbocycles. The zero-order valence-corrected chi connectivity index (χ0v) is 28.4. The third kappa shape index (κ3) is 9.43. The molecule has 0 radical (unpaired) electrons. The molecule has 4 aromatic rings. The number of carbonyl (C=O) groups is 2. The van der Waals surface area contributed by atoms with Gasteiger partial charge in [0.25, 0.3) is 11.8 Å². The minimum absolute atomic E-state index is 0. The van der Waals surface area contributed by atoms with E-state index in [1.807, 2.05) is 12.1 Å². The van der Waals surface area contributed by atoms with Gasteiger partial charge >= 0.3 is 31.1 Å². The Bertz CT molecular complexity index is 1680. The average molecular weight is 833 g/mol. The quantitative estimate of drug-likeness (QED) is 0.158. The fourth-order valence-corrected chi connectivity index (χ4v) is 4.69. The first-order valence-corrected chi connectivity index (χ1v) is 14.0. The second kappa shape index (κ2) is 15.2. The number of hydrogen-bond acceptors (Lipinski definition) is 4. The summed E-state index contributed by atoms with van der Waals surface area (Å²) in [5.74, 6) is -3.27.